The molecule has 0 unspecified atom stereocenters. The molecule has 1 aromatic carbocycles. The minimum Gasteiger partial charge on any atom is -0.348 e. The van der Waals surface area contributed by atoms with Gasteiger partial charge in [0.05, 0.1) is 22.0 Å². The highest BCUT2D eigenvalue weighted by molar-refractivity contribution is 7.40. The summed E-state index contributed by atoms with van der Waals surface area (Å²) in [4.78, 5) is 20.1. The standard InChI is InChI=1S/C18H16N4OS2/c19-11-12-4-6-13(7-5-12)20-16(23)15-10-14-17(24-15)25-18(21-14)22-8-2-1-3-9-22/h4-7,10H,1-3,8-9H2,(H,20,23). The van der Waals surface area contributed by atoms with Gasteiger partial charge in [-0.05, 0) is 49.6 Å². The van der Waals surface area contributed by atoms with Gasteiger partial charge in [0.15, 0.2) is 5.13 Å². The fraction of sp³-hybridized carbons (Fsp3) is 0.278. The van der Waals surface area contributed by atoms with E-state index in [0.29, 0.717) is 16.1 Å². The number of thiazole rings is 1. The molecule has 0 saturated carbocycles. The number of nitriles is 1. The van der Waals surface area contributed by atoms with Crippen LogP contribution in [0.2, 0.25) is 0 Å². The van der Waals surface area contributed by atoms with E-state index in [4.69, 9.17) is 10.2 Å². The van der Waals surface area contributed by atoms with Crippen LogP contribution in [0.15, 0.2) is 30.3 Å². The van der Waals surface area contributed by atoms with Gasteiger partial charge in [0.25, 0.3) is 5.91 Å². The number of piperidine rings is 1. The Morgan fingerprint density at radius 1 is 1.16 bits per heavy atom. The van der Waals surface area contributed by atoms with Gasteiger partial charge in [0.2, 0.25) is 0 Å². The predicted molar refractivity (Wildman–Crippen MR) is 103 cm³/mol. The third-order valence-corrected chi connectivity index (χ3v) is 6.55. The molecule has 1 fully saturated rings. The highest BCUT2D eigenvalue weighted by Gasteiger charge is 2.18. The van der Waals surface area contributed by atoms with Crippen molar-refractivity contribution in [2.45, 2.75) is 19.3 Å². The zero-order valence-corrected chi connectivity index (χ0v) is 15.1. The van der Waals surface area contributed by atoms with E-state index in [1.807, 2.05) is 6.07 Å². The average Bonchev–Trinajstić information content (AvgIpc) is 3.22. The molecule has 4 rings (SSSR count). The number of carbonyl (C=O) groups is 1. The summed E-state index contributed by atoms with van der Waals surface area (Å²) in [6, 6.07) is 10.8. The van der Waals surface area contributed by atoms with E-state index in [9.17, 15) is 4.79 Å². The van der Waals surface area contributed by atoms with Crippen LogP contribution in [0.1, 0.15) is 34.5 Å². The average molecular weight is 368 g/mol. The van der Waals surface area contributed by atoms with Gasteiger partial charge in [-0.25, -0.2) is 4.98 Å². The Morgan fingerprint density at radius 2 is 1.92 bits per heavy atom. The third-order valence-electron chi connectivity index (χ3n) is 4.20. The molecule has 3 aromatic rings. The number of aromatic nitrogens is 1. The minimum atomic E-state index is -0.139. The van der Waals surface area contributed by atoms with Crippen molar-refractivity contribution in [1.82, 2.24) is 4.98 Å². The third kappa shape index (κ3) is 3.36. The molecule has 1 aliphatic heterocycles. The molecule has 126 valence electrons. The molecule has 1 saturated heterocycles. The second-order valence-corrected chi connectivity index (χ2v) is 8.26. The summed E-state index contributed by atoms with van der Waals surface area (Å²) in [7, 11) is 0. The lowest BCUT2D eigenvalue weighted by atomic mass is 10.1. The van der Waals surface area contributed by atoms with Crippen LogP contribution in [0.5, 0.6) is 0 Å². The highest BCUT2D eigenvalue weighted by Crippen LogP contribution is 2.36. The maximum atomic E-state index is 12.4. The van der Waals surface area contributed by atoms with Gasteiger partial charge in [-0.3, -0.25) is 4.79 Å². The molecule has 3 heterocycles. The first-order valence-corrected chi connectivity index (χ1v) is 9.83. The highest BCUT2D eigenvalue weighted by atomic mass is 32.2. The number of benzene rings is 1. The van der Waals surface area contributed by atoms with Gasteiger partial charge in [-0.1, -0.05) is 11.3 Å². The van der Waals surface area contributed by atoms with Gasteiger partial charge in [0.1, 0.15) is 4.01 Å². The SMILES string of the molecule is N#Cc1ccc(NC(=O)c2cc3nc(N4CCCCC4)sc3s2)cc1. The number of anilines is 2. The topological polar surface area (TPSA) is 69.0 Å². The summed E-state index contributed by atoms with van der Waals surface area (Å²) in [6.45, 7) is 2.15. The van der Waals surface area contributed by atoms with Crippen LogP contribution in [-0.2, 0) is 0 Å². The van der Waals surface area contributed by atoms with E-state index in [0.717, 1.165) is 27.8 Å². The first-order chi connectivity index (χ1) is 12.2. The number of hydrogen-bond acceptors (Lipinski definition) is 6. The lowest BCUT2D eigenvalue weighted by Gasteiger charge is -2.25. The first kappa shape index (κ1) is 16.1. The van der Waals surface area contributed by atoms with Crippen molar-refractivity contribution in [2.24, 2.45) is 0 Å². The molecular weight excluding hydrogens is 352 g/mol. The van der Waals surface area contributed by atoms with Crippen molar-refractivity contribution in [1.29, 1.82) is 5.26 Å². The van der Waals surface area contributed by atoms with Crippen LogP contribution in [0.4, 0.5) is 10.8 Å². The van der Waals surface area contributed by atoms with Crippen LogP contribution in [-0.4, -0.2) is 24.0 Å². The summed E-state index contributed by atoms with van der Waals surface area (Å²) in [5, 5.41) is 12.8. The maximum Gasteiger partial charge on any atom is 0.265 e. The maximum absolute atomic E-state index is 12.4. The molecule has 7 heteroatoms. The van der Waals surface area contributed by atoms with Gasteiger partial charge in [-0.15, -0.1) is 11.3 Å². The Labute approximate surface area is 153 Å². The number of amides is 1. The fourth-order valence-corrected chi connectivity index (χ4v) is 5.09. The summed E-state index contributed by atoms with van der Waals surface area (Å²) in [5.74, 6) is -0.139. The van der Waals surface area contributed by atoms with Crippen molar-refractivity contribution in [3.05, 3.63) is 40.8 Å². The Hall–Kier alpha value is -2.43. The van der Waals surface area contributed by atoms with Crippen LogP contribution >= 0.6 is 22.7 Å². The van der Waals surface area contributed by atoms with Crippen LogP contribution in [0.3, 0.4) is 0 Å². The van der Waals surface area contributed by atoms with Crippen LogP contribution in [0, 0.1) is 11.3 Å². The molecule has 0 spiro atoms. The van der Waals surface area contributed by atoms with Gasteiger partial charge in [-0.2, -0.15) is 5.26 Å². The normalized spacial score (nSPS) is 14.4. The Bertz CT molecular complexity index is 914. The number of carbonyl (C=O) groups excluding carboxylic acids is 1. The number of hydrogen-bond donors (Lipinski definition) is 1. The van der Waals surface area contributed by atoms with Gasteiger partial charge >= 0.3 is 0 Å². The summed E-state index contributed by atoms with van der Waals surface area (Å²) >= 11 is 3.15. The molecule has 5 nitrogen and oxygen atoms in total. The first-order valence-electron chi connectivity index (χ1n) is 8.20. The van der Waals surface area contributed by atoms with E-state index in [2.05, 4.69) is 16.3 Å². The second kappa shape index (κ2) is 6.82. The molecule has 0 radical (unpaired) electrons. The Morgan fingerprint density at radius 3 is 2.60 bits per heavy atom. The van der Waals surface area contributed by atoms with Crippen molar-refractivity contribution < 1.29 is 4.79 Å². The molecule has 0 bridgehead atoms. The van der Waals surface area contributed by atoms with E-state index >= 15 is 0 Å². The van der Waals surface area contributed by atoms with E-state index in [1.54, 1.807) is 35.6 Å². The van der Waals surface area contributed by atoms with Crippen molar-refractivity contribution in [3.63, 3.8) is 0 Å². The summed E-state index contributed by atoms with van der Waals surface area (Å²) in [6.07, 6.45) is 3.76. The molecule has 2 aromatic heterocycles. The van der Waals surface area contributed by atoms with E-state index < -0.39 is 0 Å². The molecular formula is C18H16N4OS2. The number of rotatable bonds is 3. The minimum absolute atomic E-state index is 0.139. The number of fused-ring (bicyclic) bond motifs is 1. The second-order valence-electron chi connectivity index (χ2n) is 5.97. The molecule has 1 aliphatic rings. The van der Waals surface area contributed by atoms with Gasteiger partial charge < -0.3 is 10.2 Å². The predicted octanol–water partition coefficient (Wildman–Crippen LogP) is 4.47. The fourth-order valence-electron chi connectivity index (χ4n) is 2.88. The van der Waals surface area contributed by atoms with Crippen LogP contribution < -0.4 is 10.2 Å². The lowest BCUT2D eigenvalue weighted by molar-refractivity contribution is 0.103. The number of nitrogens with one attached hydrogen (secondary N) is 1. The molecule has 0 aliphatic carbocycles. The molecule has 25 heavy (non-hydrogen) atoms. The zero-order chi connectivity index (χ0) is 17.2. The molecule has 1 amide bonds. The zero-order valence-electron chi connectivity index (χ0n) is 13.5. The summed E-state index contributed by atoms with van der Waals surface area (Å²) < 4.78 is 1.09. The van der Waals surface area contributed by atoms with Crippen molar-refractivity contribution in [3.8, 4) is 6.07 Å². The smallest absolute Gasteiger partial charge is 0.265 e. The summed E-state index contributed by atoms with van der Waals surface area (Å²) in [5.41, 5.74) is 2.16. The van der Waals surface area contributed by atoms with Crippen LogP contribution in [0.25, 0.3) is 9.53 Å². The quantitative estimate of drug-likeness (QED) is 0.740. The van der Waals surface area contributed by atoms with E-state index in [-0.39, 0.29) is 5.91 Å². The Balaban J connectivity index is 1.50. The monoisotopic (exact) mass is 368 g/mol. The van der Waals surface area contributed by atoms with Crippen molar-refractivity contribution >= 4 is 48.9 Å². The molecule has 1 N–H and O–H groups in total. The lowest BCUT2D eigenvalue weighted by Crippen LogP contribution is -2.29. The Kier molecular flexibility index (Phi) is 4.38. The molecule has 0 atom stereocenters. The largest absolute Gasteiger partial charge is 0.348 e. The number of thiophene rings is 1. The number of nitrogens with zero attached hydrogens (tertiary/aromatic N) is 3. The van der Waals surface area contributed by atoms with Gasteiger partial charge in [0, 0.05) is 18.8 Å². The van der Waals surface area contributed by atoms with E-state index in [1.165, 1.54) is 30.6 Å². The van der Waals surface area contributed by atoms with Crippen molar-refractivity contribution in [2.75, 3.05) is 23.3 Å².